The van der Waals surface area contributed by atoms with E-state index >= 15 is 0 Å². The zero-order valence-electron chi connectivity index (χ0n) is 13.4. The highest BCUT2D eigenvalue weighted by Gasteiger charge is 2.29. The van der Waals surface area contributed by atoms with Crippen molar-refractivity contribution in [3.63, 3.8) is 0 Å². The smallest absolute Gasteiger partial charge is 0.225 e. The van der Waals surface area contributed by atoms with Crippen molar-refractivity contribution < 1.29 is 4.79 Å². The number of hydrogen-bond donors (Lipinski definition) is 0. The molecule has 1 heterocycles. The molecular formula is C17H29N3O. The number of rotatable bonds is 4. The van der Waals surface area contributed by atoms with Crippen LogP contribution >= 0.6 is 0 Å². The molecule has 118 valence electrons. The summed E-state index contributed by atoms with van der Waals surface area (Å²) in [4.78, 5) is 16.9. The molecule has 21 heavy (non-hydrogen) atoms. The second-order valence-corrected chi connectivity index (χ2v) is 6.48. The lowest BCUT2D eigenvalue weighted by Gasteiger charge is -2.38. The van der Waals surface area contributed by atoms with Gasteiger partial charge in [-0.2, -0.15) is 5.26 Å². The fraction of sp³-hybridized carbons (Fsp3) is 0.882. The van der Waals surface area contributed by atoms with Gasteiger partial charge in [-0.15, -0.1) is 0 Å². The molecule has 0 aromatic carbocycles. The summed E-state index contributed by atoms with van der Waals surface area (Å²) in [5.74, 6) is 0.641. The molecule has 1 atom stereocenters. The Labute approximate surface area is 129 Å². The number of carbonyl (C=O) groups is 1. The lowest BCUT2D eigenvalue weighted by atomic mass is 9.98. The SMILES string of the molecule is CCCC(C#N)N1CCN(C(=O)C2CCCCCC2)CC1. The van der Waals surface area contributed by atoms with E-state index in [1.54, 1.807) is 0 Å². The van der Waals surface area contributed by atoms with E-state index in [9.17, 15) is 10.1 Å². The Kier molecular flexibility index (Phi) is 6.50. The van der Waals surface area contributed by atoms with E-state index in [2.05, 4.69) is 17.9 Å². The molecule has 2 fully saturated rings. The average Bonchev–Trinajstić information content (AvgIpc) is 2.81. The van der Waals surface area contributed by atoms with Crippen molar-refractivity contribution in [2.24, 2.45) is 5.92 Å². The third-order valence-corrected chi connectivity index (χ3v) is 4.98. The van der Waals surface area contributed by atoms with Crippen molar-refractivity contribution in [1.82, 2.24) is 9.80 Å². The Morgan fingerprint density at radius 1 is 1.14 bits per heavy atom. The minimum absolute atomic E-state index is 0.0325. The van der Waals surface area contributed by atoms with Crippen molar-refractivity contribution >= 4 is 5.91 Å². The zero-order chi connectivity index (χ0) is 15.1. The Hall–Kier alpha value is -1.08. The summed E-state index contributed by atoms with van der Waals surface area (Å²) in [6, 6.07) is 2.44. The fourth-order valence-corrected chi connectivity index (χ4v) is 3.64. The van der Waals surface area contributed by atoms with Gasteiger partial charge in [0, 0.05) is 32.1 Å². The monoisotopic (exact) mass is 291 g/mol. The molecule has 0 bridgehead atoms. The highest BCUT2D eigenvalue weighted by Crippen LogP contribution is 2.25. The summed E-state index contributed by atoms with van der Waals surface area (Å²) in [5, 5.41) is 9.25. The standard InChI is InChI=1S/C17H29N3O/c1-2-7-16(14-18)19-10-12-20(13-11-19)17(21)15-8-5-3-4-6-9-15/h15-16H,2-13H2,1H3. The molecule has 0 aromatic rings. The molecule has 2 aliphatic rings. The van der Waals surface area contributed by atoms with E-state index in [0.29, 0.717) is 5.91 Å². The third-order valence-electron chi connectivity index (χ3n) is 4.98. The second kappa shape index (κ2) is 8.38. The molecule has 0 radical (unpaired) electrons. The molecule has 1 saturated heterocycles. The summed E-state index contributed by atoms with van der Waals surface area (Å²) in [6.45, 7) is 5.44. The molecule has 4 heteroatoms. The van der Waals surface area contributed by atoms with Crippen LogP contribution in [-0.4, -0.2) is 47.9 Å². The van der Waals surface area contributed by atoms with E-state index in [0.717, 1.165) is 51.9 Å². The summed E-state index contributed by atoms with van der Waals surface area (Å²) in [6.07, 6.45) is 9.14. The first-order valence-electron chi connectivity index (χ1n) is 8.68. The van der Waals surface area contributed by atoms with Gasteiger partial charge < -0.3 is 4.90 Å². The van der Waals surface area contributed by atoms with Gasteiger partial charge >= 0.3 is 0 Å². The van der Waals surface area contributed by atoms with Crippen LogP contribution in [0.2, 0.25) is 0 Å². The van der Waals surface area contributed by atoms with Gasteiger partial charge in [0.15, 0.2) is 0 Å². The summed E-state index contributed by atoms with van der Waals surface area (Å²) in [5.41, 5.74) is 0. The zero-order valence-corrected chi connectivity index (χ0v) is 13.4. The number of nitriles is 1. The van der Waals surface area contributed by atoms with Crippen LogP contribution in [0.5, 0.6) is 0 Å². The van der Waals surface area contributed by atoms with Crippen LogP contribution in [0.15, 0.2) is 0 Å². The topological polar surface area (TPSA) is 47.3 Å². The van der Waals surface area contributed by atoms with E-state index in [1.165, 1.54) is 25.7 Å². The first-order chi connectivity index (χ1) is 10.3. The maximum Gasteiger partial charge on any atom is 0.225 e. The minimum atomic E-state index is 0.0325. The molecular weight excluding hydrogens is 262 g/mol. The average molecular weight is 291 g/mol. The summed E-state index contributed by atoms with van der Waals surface area (Å²) >= 11 is 0. The molecule has 4 nitrogen and oxygen atoms in total. The molecule has 1 saturated carbocycles. The number of piperazine rings is 1. The second-order valence-electron chi connectivity index (χ2n) is 6.48. The number of hydrogen-bond acceptors (Lipinski definition) is 3. The quantitative estimate of drug-likeness (QED) is 0.748. The molecule has 2 rings (SSSR count). The molecule has 0 aromatic heterocycles. The van der Waals surface area contributed by atoms with Crippen molar-refractivity contribution in [2.45, 2.75) is 64.3 Å². The van der Waals surface area contributed by atoms with Crippen molar-refractivity contribution in [2.75, 3.05) is 26.2 Å². The highest BCUT2D eigenvalue weighted by atomic mass is 16.2. The maximum absolute atomic E-state index is 12.6. The van der Waals surface area contributed by atoms with Crippen molar-refractivity contribution in [1.29, 1.82) is 5.26 Å². The summed E-state index contributed by atoms with van der Waals surface area (Å²) < 4.78 is 0. The van der Waals surface area contributed by atoms with Gasteiger partial charge in [-0.1, -0.05) is 39.0 Å². The first-order valence-corrected chi connectivity index (χ1v) is 8.68. The van der Waals surface area contributed by atoms with Crippen LogP contribution in [0.4, 0.5) is 0 Å². The van der Waals surface area contributed by atoms with Gasteiger partial charge in [0.25, 0.3) is 0 Å². The largest absolute Gasteiger partial charge is 0.340 e. The van der Waals surface area contributed by atoms with Crippen molar-refractivity contribution in [3.8, 4) is 6.07 Å². The van der Waals surface area contributed by atoms with Gasteiger partial charge in [-0.05, 0) is 19.3 Å². The Morgan fingerprint density at radius 2 is 1.76 bits per heavy atom. The molecule has 1 aliphatic carbocycles. The third kappa shape index (κ3) is 4.44. The van der Waals surface area contributed by atoms with E-state index < -0.39 is 0 Å². The van der Waals surface area contributed by atoms with Crippen molar-refractivity contribution in [3.05, 3.63) is 0 Å². The molecule has 0 spiro atoms. The van der Waals surface area contributed by atoms with Gasteiger partial charge in [-0.3, -0.25) is 9.69 Å². The van der Waals surface area contributed by atoms with Crippen LogP contribution in [0, 0.1) is 17.2 Å². The predicted octanol–water partition coefficient (Wildman–Crippen LogP) is 2.79. The van der Waals surface area contributed by atoms with E-state index in [-0.39, 0.29) is 12.0 Å². The minimum Gasteiger partial charge on any atom is -0.340 e. The molecule has 1 unspecified atom stereocenters. The van der Waals surface area contributed by atoms with Crippen LogP contribution < -0.4 is 0 Å². The first kappa shape index (κ1) is 16.3. The van der Waals surface area contributed by atoms with Crippen LogP contribution in [-0.2, 0) is 4.79 Å². The van der Waals surface area contributed by atoms with Crippen LogP contribution in [0.25, 0.3) is 0 Å². The lowest BCUT2D eigenvalue weighted by Crippen LogP contribution is -2.52. The van der Waals surface area contributed by atoms with Gasteiger partial charge in [0.1, 0.15) is 0 Å². The molecule has 0 N–H and O–H groups in total. The molecule has 1 amide bonds. The van der Waals surface area contributed by atoms with Gasteiger partial charge in [0.2, 0.25) is 5.91 Å². The highest BCUT2D eigenvalue weighted by molar-refractivity contribution is 5.79. The van der Waals surface area contributed by atoms with E-state index in [4.69, 9.17) is 0 Å². The number of carbonyl (C=O) groups excluding carboxylic acids is 1. The fourth-order valence-electron chi connectivity index (χ4n) is 3.64. The number of nitrogens with zero attached hydrogens (tertiary/aromatic N) is 3. The predicted molar refractivity (Wildman–Crippen MR) is 83.7 cm³/mol. The van der Waals surface area contributed by atoms with Crippen LogP contribution in [0.1, 0.15) is 58.3 Å². The van der Waals surface area contributed by atoms with Crippen LogP contribution in [0.3, 0.4) is 0 Å². The van der Waals surface area contributed by atoms with Gasteiger partial charge in [0.05, 0.1) is 12.1 Å². The molecule has 1 aliphatic heterocycles. The Bertz CT molecular complexity index is 361. The number of amides is 1. The Balaban J connectivity index is 1.82. The van der Waals surface area contributed by atoms with E-state index in [1.807, 2.05) is 4.90 Å². The maximum atomic E-state index is 12.6. The van der Waals surface area contributed by atoms with Gasteiger partial charge in [-0.25, -0.2) is 0 Å². The summed E-state index contributed by atoms with van der Waals surface area (Å²) in [7, 11) is 0. The normalized spacial score (nSPS) is 23.3. The Morgan fingerprint density at radius 3 is 2.29 bits per heavy atom. The lowest BCUT2D eigenvalue weighted by molar-refractivity contribution is -0.138.